The minimum atomic E-state index is 0.263. The van der Waals surface area contributed by atoms with Crippen LogP contribution in [0.5, 0.6) is 11.5 Å². The predicted molar refractivity (Wildman–Crippen MR) is 134 cm³/mol. The molecule has 0 atom stereocenters. The Labute approximate surface area is 203 Å². The standard InChI is InChI=1S/C27H38N4O3/c1-33-25-9-5-3-7-23(25)11-12-28-13-15-30(16-14-28)22-27(32)31-19-17-29(18-20-31)21-24-8-4-6-10-26(24)34-2/h3-10H,11-22H2,1-2H3. The fourth-order valence-corrected chi connectivity index (χ4v) is 4.88. The van der Waals surface area contributed by atoms with Crippen molar-refractivity contribution in [3.63, 3.8) is 0 Å². The van der Waals surface area contributed by atoms with Crippen molar-refractivity contribution in [2.24, 2.45) is 0 Å². The van der Waals surface area contributed by atoms with Crippen molar-refractivity contribution in [1.29, 1.82) is 0 Å². The smallest absolute Gasteiger partial charge is 0.236 e. The molecular formula is C27H38N4O3. The number of para-hydroxylation sites is 2. The van der Waals surface area contributed by atoms with Crippen LogP contribution >= 0.6 is 0 Å². The summed E-state index contributed by atoms with van der Waals surface area (Å²) in [4.78, 5) is 22.2. The predicted octanol–water partition coefficient (Wildman–Crippen LogP) is 2.21. The Hall–Kier alpha value is -2.61. The molecule has 7 heteroatoms. The summed E-state index contributed by atoms with van der Waals surface area (Å²) in [6.07, 6.45) is 0.988. The molecule has 2 aromatic carbocycles. The molecule has 2 aliphatic rings. The zero-order chi connectivity index (χ0) is 23.8. The van der Waals surface area contributed by atoms with Crippen LogP contribution in [0.1, 0.15) is 11.1 Å². The van der Waals surface area contributed by atoms with Crippen LogP contribution in [0.15, 0.2) is 48.5 Å². The molecule has 2 heterocycles. The molecule has 0 N–H and O–H groups in total. The molecular weight excluding hydrogens is 428 g/mol. The summed E-state index contributed by atoms with van der Waals surface area (Å²) in [5.41, 5.74) is 2.46. The molecule has 0 aromatic heterocycles. The van der Waals surface area contributed by atoms with Gasteiger partial charge in [0, 0.05) is 71.0 Å². The number of amides is 1. The quantitative estimate of drug-likeness (QED) is 0.565. The van der Waals surface area contributed by atoms with Crippen LogP contribution in [0.4, 0.5) is 0 Å². The number of carbonyl (C=O) groups excluding carboxylic acids is 1. The van der Waals surface area contributed by atoms with Gasteiger partial charge in [-0.05, 0) is 24.1 Å². The number of carbonyl (C=O) groups is 1. The number of rotatable bonds is 9. The number of piperazine rings is 2. The van der Waals surface area contributed by atoms with Gasteiger partial charge in [0.05, 0.1) is 20.8 Å². The van der Waals surface area contributed by atoms with Crippen LogP contribution in [0.3, 0.4) is 0 Å². The van der Waals surface area contributed by atoms with E-state index in [2.05, 4.69) is 39.0 Å². The molecule has 0 radical (unpaired) electrons. The topological polar surface area (TPSA) is 48.5 Å². The Bertz CT molecular complexity index is 922. The highest BCUT2D eigenvalue weighted by molar-refractivity contribution is 5.78. The summed E-state index contributed by atoms with van der Waals surface area (Å²) in [5.74, 6) is 2.16. The minimum Gasteiger partial charge on any atom is -0.496 e. The normalized spacial score (nSPS) is 18.1. The number of nitrogens with zero attached hydrogens (tertiary/aromatic N) is 4. The lowest BCUT2D eigenvalue weighted by Crippen LogP contribution is -2.53. The fraction of sp³-hybridized carbons (Fsp3) is 0.519. The fourth-order valence-electron chi connectivity index (χ4n) is 4.88. The summed E-state index contributed by atoms with van der Waals surface area (Å²) < 4.78 is 11.0. The second kappa shape index (κ2) is 12.2. The highest BCUT2D eigenvalue weighted by Gasteiger charge is 2.25. The SMILES string of the molecule is COc1ccccc1CCN1CCN(CC(=O)N2CCN(Cc3ccccc3OC)CC2)CC1. The molecule has 7 nitrogen and oxygen atoms in total. The average Bonchev–Trinajstić information content (AvgIpc) is 2.89. The number of ether oxygens (including phenoxy) is 2. The number of hydrogen-bond acceptors (Lipinski definition) is 6. The van der Waals surface area contributed by atoms with Gasteiger partial charge in [-0.3, -0.25) is 14.6 Å². The first kappa shape index (κ1) is 24.5. The molecule has 0 saturated carbocycles. The van der Waals surface area contributed by atoms with Gasteiger partial charge in [-0.1, -0.05) is 36.4 Å². The van der Waals surface area contributed by atoms with Crippen LogP contribution in [0.25, 0.3) is 0 Å². The Morgan fingerprint density at radius 2 is 1.24 bits per heavy atom. The van der Waals surface area contributed by atoms with E-state index < -0.39 is 0 Å². The van der Waals surface area contributed by atoms with E-state index in [9.17, 15) is 4.79 Å². The molecule has 0 spiro atoms. The van der Waals surface area contributed by atoms with E-state index >= 15 is 0 Å². The third kappa shape index (κ3) is 6.50. The van der Waals surface area contributed by atoms with E-state index in [1.165, 1.54) is 11.1 Å². The molecule has 0 unspecified atom stereocenters. The lowest BCUT2D eigenvalue weighted by molar-refractivity contribution is -0.134. The molecule has 184 valence electrons. The first-order chi connectivity index (χ1) is 16.7. The number of benzene rings is 2. The average molecular weight is 467 g/mol. The van der Waals surface area contributed by atoms with Gasteiger partial charge in [0.15, 0.2) is 0 Å². The second-order valence-electron chi connectivity index (χ2n) is 9.15. The molecule has 2 aromatic rings. The van der Waals surface area contributed by atoms with E-state index in [1.807, 2.05) is 29.2 Å². The third-order valence-electron chi connectivity index (χ3n) is 7.03. The second-order valence-corrected chi connectivity index (χ2v) is 9.15. The van der Waals surface area contributed by atoms with Crippen molar-refractivity contribution in [3.8, 4) is 11.5 Å². The maximum Gasteiger partial charge on any atom is 0.236 e. The van der Waals surface area contributed by atoms with E-state index in [4.69, 9.17) is 9.47 Å². The van der Waals surface area contributed by atoms with Crippen molar-refractivity contribution in [2.75, 3.05) is 79.7 Å². The van der Waals surface area contributed by atoms with Crippen molar-refractivity contribution in [2.45, 2.75) is 13.0 Å². The van der Waals surface area contributed by atoms with Gasteiger partial charge in [0.1, 0.15) is 11.5 Å². The molecule has 2 aliphatic heterocycles. The van der Waals surface area contributed by atoms with Crippen molar-refractivity contribution < 1.29 is 14.3 Å². The number of methoxy groups -OCH3 is 2. The van der Waals surface area contributed by atoms with Gasteiger partial charge in [-0.2, -0.15) is 0 Å². The Morgan fingerprint density at radius 3 is 1.88 bits per heavy atom. The van der Waals surface area contributed by atoms with Crippen LogP contribution in [-0.4, -0.2) is 105 Å². The van der Waals surface area contributed by atoms with Gasteiger partial charge < -0.3 is 19.3 Å². The highest BCUT2D eigenvalue weighted by atomic mass is 16.5. The summed E-state index contributed by atoms with van der Waals surface area (Å²) >= 11 is 0. The number of hydrogen-bond donors (Lipinski definition) is 0. The van der Waals surface area contributed by atoms with Crippen molar-refractivity contribution in [1.82, 2.24) is 19.6 Å². The first-order valence-electron chi connectivity index (χ1n) is 12.3. The van der Waals surface area contributed by atoms with E-state index in [-0.39, 0.29) is 5.91 Å². The zero-order valence-corrected chi connectivity index (χ0v) is 20.6. The summed E-state index contributed by atoms with van der Waals surface area (Å²) in [5, 5.41) is 0. The van der Waals surface area contributed by atoms with E-state index in [1.54, 1.807) is 14.2 Å². The van der Waals surface area contributed by atoms with Crippen LogP contribution in [0.2, 0.25) is 0 Å². The monoisotopic (exact) mass is 466 g/mol. The Balaban J connectivity index is 1.15. The lowest BCUT2D eigenvalue weighted by Gasteiger charge is -2.38. The minimum absolute atomic E-state index is 0.263. The summed E-state index contributed by atoms with van der Waals surface area (Å²) in [6.45, 7) is 9.74. The molecule has 0 bridgehead atoms. The molecule has 1 amide bonds. The van der Waals surface area contributed by atoms with E-state index in [0.717, 1.165) is 83.4 Å². The summed E-state index contributed by atoms with van der Waals surface area (Å²) in [7, 11) is 3.45. The third-order valence-corrected chi connectivity index (χ3v) is 7.03. The Morgan fingerprint density at radius 1 is 0.706 bits per heavy atom. The molecule has 2 fully saturated rings. The van der Waals surface area contributed by atoms with Gasteiger partial charge in [-0.25, -0.2) is 0 Å². The molecule has 34 heavy (non-hydrogen) atoms. The molecule has 2 saturated heterocycles. The summed E-state index contributed by atoms with van der Waals surface area (Å²) in [6, 6.07) is 16.4. The first-order valence-corrected chi connectivity index (χ1v) is 12.3. The highest BCUT2D eigenvalue weighted by Crippen LogP contribution is 2.20. The van der Waals surface area contributed by atoms with Crippen LogP contribution < -0.4 is 9.47 Å². The largest absolute Gasteiger partial charge is 0.496 e. The molecule has 4 rings (SSSR count). The van der Waals surface area contributed by atoms with Gasteiger partial charge in [-0.15, -0.1) is 0 Å². The lowest BCUT2D eigenvalue weighted by atomic mass is 10.1. The van der Waals surface area contributed by atoms with E-state index in [0.29, 0.717) is 6.54 Å². The van der Waals surface area contributed by atoms with Crippen LogP contribution in [0, 0.1) is 0 Å². The van der Waals surface area contributed by atoms with Crippen LogP contribution in [-0.2, 0) is 17.8 Å². The molecule has 0 aliphatic carbocycles. The zero-order valence-electron chi connectivity index (χ0n) is 20.6. The van der Waals surface area contributed by atoms with Crippen molar-refractivity contribution in [3.05, 3.63) is 59.7 Å². The maximum absolute atomic E-state index is 12.9. The van der Waals surface area contributed by atoms with Gasteiger partial charge in [0.25, 0.3) is 0 Å². The van der Waals surface area contributed by atoms with Crippen molar-refractivity contribution >= 4 is 5.91 Å². The van der Waals surface area contributed by atoms with Gasteiger partial charge in [0.2, 0.25) is 5.91 Å². The Kier molecular flexibility index (Phi) is 8.79. The maximum atomic E-state index is 12.9. The van der Waals surface area contributed by atoms with Gasteiger partial charge >= 0.3 is 0 Å².